The Bertz CT molecular complexity index is 447. The fourth-order valence-electron chi connectivity index (χ4n) is 0.898. The molecule has 0 saturated carbocycles. The van der Waals surface area contributed by atoms with Crippen molar-refractivity contribution in [1.29, 1.82) is 0 Å². The molecule has 0 aliphatic carbocycles. The van der Waals surface area contributed by atoms with Gasteiger partial charge >= 0.3 is 23.1 Å². The Labute approximate surface area is 159 Å². The van der Waals surface area contributed by atoms with Crippen molar-refractivity contribution in [3.63, 3.8) is 0 Å². The zero-order chi connectivity index (χ0) is 12.5. The smallest absolute Gasteiger partial charge is 1.00 e. The van der Waals surface area contributed by atoms with Crippen LogP contribution < -0.4 is 17.0 Å². The predicted molar refractivity (Wildman–Crippen MR) is 85.7 cm³/mol. The second kappa shape index (κ2) is 20.0. The molecule has 22 heavy (non-hydrogen) atoms. The maximum atomic E-state index is 9.93. The minimum Gasteiger partial charge on any atom is -1.00 e. The van der Waals surface area contributed by atoms with Crippen LogP contribution in [-0.4, -0.2) is 54.4 Å². The number of aldehydes is 1. The summed E-state index contributed by atoms with van der Waals surface area (Å²) in [5.74, 6) is 0. The van der Waals surface area contributed by atoms with E-state index in [4.69, 9.17) is 5.11 Å². The molecule has 0 radical (unpaired) electrons. The largest absolute Gasteiger partial charge is 2.00 e. The van der Waals surface area contributed by atoms with Crippen molar-refractivity contribution in [3.05, 3.63) is 56.0 Å². The predicted octanol–water partition coefficient (Wildman–Crippen LogP) is -0.835. The van der Waals surface area contributed by atoms with E-state index in [0.717, 1.165) is 5.56 Å². The molecule has 1 atom stereocenters. The number of hydrogen-bond acceptors (Lipinski definition) is 6. The first-order chi connectivity index (χ1) is 8.24. The number of rotatable bonds is 2. The number of aliphatic hydroxyl groups is 1. The van der Waals surface area contributed by atoms with Crippen LogP contribution in [0.1, 0.15) is 43.8 Å². The molecule has 2 heterocycles. The molecule has 0 aliphatic rings. The van der Waals surface area contributed by atoms with Crippen molar-refractivity contribution in [1.82, 2.24) is 19.9 Å². The molecule has 1 unspecified atom stereocenters. The van der Waals surface area contributed by atoms with Gasteiger partial charge in [0, 0.05) is 30.4 Å². The Morgan fingerprint density at radius 3 is 1.59 bits per heavy atom. The molecule has 0 fully saturated rings. The van der Waals surface area contributed by atoms with Gasteiger partial charge in [0.15, 0.2) is 6.29 Å². The molecule has 0 aromatic carbocycles. The molecule has 0 saturated heterocycles. The van der Waals surface area contributed by atoms with Crippen LogP contribution in [0.15, 0.2) is 37.4 Å². The van der Waals surface area contributed by atoms with E-state index in [-0.39, 0.29) is 62.3 Å². The fourth-order valence-corrected chi connectivity index (χ4v) is 0.898. The molecular weight excluding hydrogens is 360 g/mol. The third-order valence-corrected chi connectivity index (χ3v) is 1.78. The normalized spacial score (nSPS) is 8.45. The van der Waals surface area contributed by atoms with Gasteiger partial charge in [-0.3, -0.25) is 4.79 Å². The van der Waals surface area contributed by atoms with Crippen molar-refractivity contribution >= 4 is 29.3 Å². The number of nitrogens with zero attached hydrogens (tertiary/aromatic N) is 4. The van der Waals surface area contributed by atoms with Crippen molar-refractivity contribution in [3.8, 4) is 0 Å². The van der Waals surface area contributed by atoms with Gasteiger partial charge in [-0.05, 0) is 6.92 Å². The van der Waals surface area contributed by atoms with Gasteiger partial charge in [0.1, 0.15) is 12.7 Å². The summed E-state index contributed by atoms with van der Waals surface area (Å²) in [5.41, 5.74) is 1.25. The number of halogens is 1. The molecule has 6 nitrogen and oxygen atoms in total. The van der Waals surface area contributed by atoms with E-state index in [0.29, 0.717) is 11.8 Å². The van der Waals surface area contributed by atoms with E-state index in [1.807, 2.05) is 0 Å². The summed E-state index contributed by atoms with van der Waals surface area (Å²) in [7, 11) is 0. The second-order valence-electron chi connectivity index (χ2n) is 3.14. The quantitative estimate of drug-likeness (QED) is 0.413. The molecule has 2 aromatic rings. The van der Waals surface area contributed by atoms with Crippen LogP contribution in [0.2, 0.25) is 0 Å². The molecular formula is C14H23BrMgN4O2. The minimum absolute atomic E-state index is 0. The number of aliphatic hydroxyl groups excluding tert-OH is 1. The zero-order valence-electron chi connectivity index (χ0n) is 11.3. The van der Waals surface area contributed by atoms with Gasteiger partial charge in [-0.25, -0.2) is 19.9 Å². The summed E-state index contributed by atoms with van der Waals surface area (Å²) >= 11 is 0. The van der Waals surface area contributed by atoms with Crippen LogP contribution in [0.25, 0.3) is 0 Å². The van der Waals surface area contributed by atoms with Crippen LogP contribution in [-0.2, 0) is 0 Å². The second-order valence-corrected chi connectivity index (χ2v) is 3.14. The van der Waals surface area contributed by atoms with E-state index >= 15 is 0 Å². The Morgan fingerprint density at radius 2 is 1.36 bits per heavy atom. The van der Waals surface area contributed by atoms with E-state index in [1.165, 1.54) is 25.0 Å². The van der Waals surface area contributed by atoms with Gasteiger partial charge in [-0.15, -0.1) is 0 Å². The third-order valence-electron chi connectivity index (χ3n) is 1.78. The van der Waals surface area contributed by atoms with Gasteiger partial charge in [-0.1, -0.05) is 14.9 Å². The Balaban J connectivity index is -0.0000000716. The first-order valence-corrected chi connectivity index (χ1v) is 4.87. The van der Waals surface area contributed by atoms with E-state index in [1.54, 1.807) is 19.3 Å². The Morgan fingerprint density at radius 1 is 1.00 bits per heavy atom. The van der Waals surface area contributed by atoms with Crippen molar-refractivity contribution in [2.75, 3.05) is 0 Å². The monoisotopic (exact) mass is 382 g/mol. The van der Waals surface area contributed by atoms with Gasteiger partial charge in [0.25, 0.3) is 0 Å². The van der Waals surface area contributed by atoms with Crippen molar-refractivity contribution in [2.24, 2.45) is 0 Å². The van der Waals surface area contributed by atoms with Gasteiger partial charge in [-0.2, -0.15) is 0 Å². The number of hydrogen-bond donors (Lipinski definition) is 1. The zero-order valence-corrected chi connectivity index (χ0v) is 14.3. The van der Waals surface area contributed by atoms with Gasteiger partial charge in [0.2, 0.25) is 0 Å². The molecule has 0 aliphatic heterocycles. The van der Waals surface area contributed by atoms with Crippen molar-refractivity contribution in [2.45, 2.75) is 27.9 Å². The minimum atomic E-state index is -0.466. The molecule has 2 aromatic heterocycles. The molecule has 2 rings (SSSR count). The van der Waals surface area contributed by atoms with E-state index in [9.17, 15) is 4.79 Å². The van der Waals surface area contributed by atoms with Gasteiger partial charge in [0.05, 0.1) is 11.7 Å². The SMILES string of the molecule is C.C.CC(O)c1cncnc1.O=Cc1cncnc1.[Br-].[CH3-].[Mg+2]. The van der Waals surface area contributed by atoms with E-state index in [2.05, 4.69) is 19.9 Å². The van der Waals surface area contributed by atoms with E-state index < -0.39 is 6.10 Å². The van der Waals surface area contributed by atoms with Crippen LogP contribution in [0.4, 0.5) is 0 Å². The molecule has 120 valence electrons. The topological polar surface area (TPSA) is 88.9 Å². The summed E-state index contributed by atoms with van der Waals surface area (Å²) in [6.07, 6.45) is 9.17. The summed E-state index contributed by atoms with van der Waals surface area (Å²) in [5, 5.41) is 8.94. The standard InChI is InChI=1S/C6H8N2O.C5H4N2O.2CH4.CH3.BrH.Mg/c1-5(9)6-2-7-4-8-3-6;8-3-5-1-6-4-7-2-5;;;;;/h2-5,9H,1H3;1-4H;2*1H4;1H3;1H;/q;;;;-1;;+2/p-1. The Hall–Kier alpha value is -0.964. The summed E-state index contributed by atoms with van der Waals surface area (Å²) in [6.45, 7) is 1.68. The van der Waals surface area contributed by atoms with Gasteiger partial charge < -0.3 is 29.5 Å². The fraction of sp³-hybridized carbons (Fsp3) is 0.286. The maximum absolute atomic E-state index is 9.93. The third kappa shape index (κ3) is 14.0. The first-order valence-electron chi connectivity index (χ1n) is 4.87. The molecule has 0 spiro atoms. The number of carbonyl (C=O) groups excluding carboxylic acids is 1. The Kier molecular flexibility index (Phi) is 29.9. The number of aromatic nitrogens is 4. The molecule has 8 heteroatoms. The molecule has 0 bridgehead atoms. The molecule has 0 amide bonds. The van der Waals surface area contributed by atoms with Crippen molar-refractivity contribution < 1.29 is 26.9 Å². The summed E-state index contributed by atoms with van der Waals surface area (Å²) < 4.78 is 0. The average Bonchev–Trinajstić information content (AvgIpc) is 2.41. The number of carbonyl (C=O) groups is 1. The van der Waals surface area contributed by atoms with Crippen LogP contribution >= 0.6 is 0 Å². The first kappa shape index (κ1) is 32.8. The van der Waals surface area contributed by atoms with Crippen LogP contribution in [0.3, 0.4) is 0 Å². The molecule has 1 N–H and O–H groups in total. The van der Waals surface area contributed by atoms with Crippen LogP contribution in [0, 0.1) is 7.43 Å². The average molecular weight is 384 g/mol. The van der Waals surface area contributed by atoms with Crippen LogP contribution in [0.5, 0.6) is 0 Å². The summed E-state index contributed by atoms with van der Waals surface area (Å²) in [4.78, 5) is 24.6. The summed E-state index contributed by atoms with van der Waals surface area (Å²) in [6, 6.07) is 0. The maximum Gasteiger partial charge on any atom is 2.00 e.